The van der Waals surface area contributed by atoms with E-state index in [-0.39, 0.29) is 11.3 Å². The molecule has 100 valence electrons. The highest BCUT2D eigenvalue weighted by Gasteiger charge is 2.60. The van der Waals surface area contributed by atoms with Gasteiger partial charge in [-0.25, -0.2) is 0 Å². The van der Waals surface area contributed by atoms with E-state index in [1.807, 2.05) is 0 Å². The maximum Gasteiger partial charge on any atom is 0.146 e. The topological polar surface area (TPSA) is 35.5 Å². The van der Waals surface area contributed by atoms with Gasteiger partial charge in [0.15, 0.2) is 0 Å². The van der Waals surface area contributed by atoms with Crippen LogP contribution in [-0.2, 0) is 14.3 Å². The standard InChI is InChI=1S/C14H26O3/c1-4-5-6-7-8-14(2)12(9-15)13(14)10-17-11-16-3/h9,12-13H,4-8,10-11H2,1-3H3/t12?,13-,14-/m1/s1. The number of hydrogen-bond acceptors (Lipinski definition) is 3. The van der Waals surface area contributed by atoms with Gasteiger partial charge in [0.25, 0.3) is 0 Å². The summed E-state index contributed by atoms with van der Waals surface area (Å²) in [6.45, 7) is 5.42. The van der Waals surface area contributed by atoms with E-state index in [9.17, 15) is 4.79 Å². The van der Waals surface area contributed by atoms with Crippen molar-refractivity contribution in [3.63, 3.8) is 0 Å². The molecule has 0 N–H and O–H groups in total. The fourth-order valence-corrected chi connectivity index (χ4v) is 2.79. The van der Waals surface area contributed by atoms with Gasteiger partial charge >= 0.3 is 0 Å². The molecule has 3 atom stereocenters. The Kier molecular flexibility index (Phi) is 6.14. The van der Waals surface area contributed by atoms with Crippen LogP contribution in [0.4, 0.5) is 0 Å². The first kappa shape index (κ1) is 14.7. The minimum atomic E-state index is 0.184. The van der Waals surface area contributed by atoms with Gasteiger partial charge < -0.3 is 14.3 Å². The molecular weight excluding hydrogens is 216 g/mol. The minimum Gasteiger partial charge on any atom is -0.359 e. The summed E-state index contributed by atoms with van der Waals surface area (Å²) in [4.78, 5) is 11.0. The van der Waals surface area contributed by atoms with Crippen LogP contribution in [0.3, 0.4) is 0 Å². The average Bonchev–Trinajstić information content (AvgIpc) is 2.90. The van der Waals surface area contributed by atoms with Crippen LogP contribution in [0.15, 0.2) is 0 Å². The Labute approximate surface area is 105 Å². The van der Waals surface area contributed by atoms with Crippen molar-refractivity contribution in [3.05, 3.63) is 0 Å². The molecule has 3 heteroatoms. The monoisotopic (exact) mass is 242 g/mol. The number of carbonyl (C=O) groups excluding carboxylic acids is 1. The van der Waals surface area contributed by atoms with Gasteiger partial charge in [0.1, 0.15) is 13.1 Å². The lowest BCUT2D eigenvalue weighted by Crippen LogP contribution is -2.06. The van der Waals surface area contributed by atoms with Crippen LogP contribution in [0.2, 0.25) is 0 Å². The average molecular weight is 242 g/mol. The van der Waals surface area contributed by atoms with Crippen LogP contribution in [-0.4, -0.2) is 26.8 Å². The highest BCUT2D eigenvalue weighted by atomic mass is 16.7. The van der Waals surface area contributed by atoms with Gasteiger partial charge in [0.05, 0.1) is 6.61 Å². The molecule has 1 aliphatic rings. The molecule has 0 spiro atoms. The first-order valence-corrected chi connectivity index (χ1v) is 6.72. The molecule has 0 aromatic carbocycles. The summed E-state index contributed by atoms with van der Waals surface area (Å²) >= 11 is 0. The molecule has 0 amide bonds. The molecule has 0 saturated heterocycles. The summed E-state index contributed by atoms with van der Waals surface area (Å²) in [5.74, 6) is 0.595. The second-order valence-electron chi connectivity index (χ2n) is 5.36. The zero-order chi connectivity index (χ0) is 12.7. The van der Waals surface area contributed by atoms with Gasteiger partial charge in [-0.15, -0.1) is 0 Å². The molecule has 1 rings (SSSR count). The lowest BCUT2D eigenvalue weighted by atomic mass is 9.96. The Balaban J connectivity index is 2.26. The highest BCUT2D eigenvalue weighted by Crippen LogP contribution is 2.60. The lowest BCUT2D eigenvalue weighted by molar-refractivity contribution is -0.110. The van der Waals surface area contributed by atoms with Crippen molar-refractivity contribution in [2.75, 3.05) is 20.5 Å². The molecule has 0 radical (unpaired) electrons. The third-order valence-electron chi connectivity index (χ3n) is 4.15. The predicted octanol–water partition coefficient (Wildman–Crippen LogP) is 3.03. The molecule has 0 heterocycles. The summed E-state index contributed by atoms with van der Waals surface area (Å²) < 4.78 is 10.2. The summed E-state index contributed by atoms with van der Waals surface area (Å²) in [5.41, 5.74) is 0.184. The molecule has 3 nitrogen and oxygen atoms in total. The number of ether oxygens (including phenoxy) is 2. The normalized spacial score (nSPS) is 31.5. The zero-order valence-corrected chi connectivity index (χ0v) is 11.4. The Morgan fingerprint density at radius 1 is 1.29 bits per heavy atom. The van der Waals surface area contributed by atoms with Gasteiger partial charge in [-0.05, 0) is 17.8 Å². The van der Waals surface area contributed by atoms with Crippen LogP contribution in [0.1, 0.15) is 46.0 Å². The van der Waals surface area contributed by atoms with E-state index in [4.69, 9.17) is 9.47 Å². The molecule has 1 aliphatic carbocycles. The molecular formula is C14H26O3. The van der Waals surface area contributed by atoms with Crippen LogP contribution < -0.4 is 0 Å². The molecule has 0 aromatic rings. The molecule has 0 bridgehead atoms. The highest BCUT2D eigenvalue weighted by molar-refractivity contribution is 5.61. The van der Waals surface area contributed by atoms with E-state index in [1.54, 1.807) is 7.11 Å². The molecule has 17 heavy (non-hydrogen) atoms. The Bertz CT molecular complexity index is 230. The van der Waals surface area contributed by atoms with Crippen molar-refractivity contribution >= 4 is 6.29 Å². The quantitative estimate of drug-likeness (QED) is 0.335. The first-order valence-electron chi connectivity index (χ1n) is 6.72. The Morgan fingerprint density at radius 2 is 2.06 bits per heavy atom. The third kappa shape index (κ3) is 3.78. The molecule has 0 aromatic heterocycles. The van der Waals surface area contributed by atoms with Crippen molar-refractivity contribution < 1.29 is 14.3 Å². The van der Waals surface area contributed by atoms with Crippen LogP contribution in [0.5, 0.6) is 0 Å². The smallest absolute Gasteiger partial charge is 0.146 e. The van der Waals surface area contributed by atoms with E-state index in [0.717, 1.165) is 12.7 Å². The van der Waals surface area contributed by atoms with Crippen LogP contribution >= 0.6 is 0 Å². The number of carbonyl (C=O) groups is 1. The summed E-state index contributed by atoms with van der Waals surface area (Å²) in [5, 5.41) is 0. The van der Waals surface area contributed by atoms with Crippen molar-refractivity contribution in [3.8, 4) is 0 Å². The summed E-state index contributed by atoms with van der Waals surface area (Å²) in [6, 6.07) is 0. The van der Waals surface area contributed by atoms with Gasteiger partial charge in [-0.2, -0.15) is 0 Å². The predicted molar refractivity (Wildman–Crippen MR) is 67.7 cm³/mol. The molecule has 1 fully saturated rings. The fourth-order valence-electron chi connectivity index (χ4n) is 2.79. The second-order valence-corrected chi connectivity index (χ2v) is 5.36. The number of rotatable bonds is 10. The SMILES string of the molecule is CCCCCC[C@]1(C)C(C=O)[C@H]1COCOC. The maximum absolute atomic E-state index is 11.0. The zero-order valence-electron chi connectivity index (χ0n) is 11.4. The van der Waals surface area contributed by atoms with Crippen molar-refractivity contribution in [1.29, 1.82) is 0 Å². The van der Waals surface area contributed by atoms with Crippen LogP contribution in [0.25, 0.3) is 0 Å². The van der Waals surface area contributed by atoms with E-state index in [1.165, 1.54) is 25.7 Å². The minimum absolute atomic E-state index is 0.184. The van der Waals surface area contributed by atoms with Gasteiger partial charge in [-0.3, -0.25) is 0 Å². The maximum atomic E-state index is 11.0. The van der Waals surface area contributed by atoms with Crippen molar-refractivity contribution in [1.82, 2.24) is 0 Å². The van der Waals surface area contributed by atoms with E-state index < -0.39 is 0 Å². The largest absolute Gasteiger partial charge is 0.359 e. The second kappa shape index (κ2) is 7.12. The number of hydrogen-bond donors (Lipinski definition) is 0. The van der Waals surface area contributed by atoms with Gasteiger partial charge in [0.2, 0.25) is 0 Å². The number of unbranched alkanes of at least 4 members (excludes halogenated alkanes) is 3. The fraction of sp³-hybridized carbons (Fsp3) is 0.929. The Hall–Kier alpha value is -0.410. The number of methoxy groups -OCH3 is 1. The summed E-state index contributed by atoms with van der Waals surface area (Å²) in [6.07, 6.45) is 7.33. The summed E-state index contributed by atoms with van der Waals surface area (Å²) in [7, 11) is 1.62. The first-order chi connectivity index (χ1) is 8.20. The third-order valence-corrected chi connectivity index (χ3v) is 4.15. The molecule has 1 saturated carbocycles. The molecule has 1 unspecified atom stereocenters. The van der Waals surface area contributed by atoms with E-state index >= 15 is 0 Å². The van der Waals surface area contributed by atoms with E-state index in [2.05, 4.69) is 13.8 Å². The van der Waals surface area contributed by atoms with Crippen molar-refractivity contribution in [2.24, 2.45) is 17.3 Å². The lowest BCUT2D eigenvalue weighted by Gasteiger charge is -2.11. The number of aldehydes is 1. The van der Waals surface area contributed by atoms with E-state index in [0.29, 0.717) is 19.3 Å². The van der Waals surface area contributed by atoms with Crippen molar-refractivity contribution in [2.45, 2.75) is 46.0 Å². The van der Waals surface area contributed by atoms with Gasteiger partial charge in [0, 0.05) is 13.0 Å². The molecule has 0 aliphatic heterocycles. The van der Waals surface area contributed by atoms with Crippen LogP contribution in [0, 0.1) is 17.3 Å². The Morgan fingerprint density at radius 3 is 2.65 bits per heavy atom. The van der Waals surface area contributed by atoms with Gasteiger partial charge in [-0.1, -0.05) is 39.5 Å².